The summed E-state index contributed by atoms with van der Waals surface area (Å²) in [6.07, 6.45) is -2.62. The third kappa shape index (κ3) is 3.34. The Labute approximate surface area is 112 Å². The number of likely N-dealkylation sites (tertiary alicyclic amines) is 1. The zero-order chi connectivity index (χ0) is 14.0. The fourth-order valence-corrected chi connectivity index (χ4v) is 2.53. The van der Waals surface area contributed by atoms with Crippen LogP contribution < -0.4 is 5.32 Å². The second kappa shape index (κ2) is 5.32. The number of aromatic nitrogens is 2. The van der Waals surface area contributed by atoms with Crippen molar-refractivity contribution in [3.05, 3.63) is 5.82 Å². The number of alkyl halides is 3. The largest absolute Gasteiger partial charge is 0.452 e. The topological polar surface area (TPSA) is 58.1 Å². The number of rotatable bonds is 3. The molecule has 1 unspecified atom stereocenters. The Morgan fingerprint density at radius 2 is 2.05 bits per heavy atom. The number of nitrogens with one attached hydrogen (secondary N) is 1. The first-order chi connectivity index (χ1) is 8.88. The average Bonchev–Trinajstić information content (AvgIpc) is 2.97. The fourth-order valence-electron chi connectivity index (χ4n) is 1.86. The molecule has 1 aromatic rings. The highest BCUT2D eigenvalue weighted by atomic mass is 32.1. The molecule has 2 heterocycles. The summed E-state index contributed by atoms with van der Waals surface area (Å²) in [6, 6.07) is -0.605. The predicted molar refractivity (Wildman–Crippen MR) is 63.8 cm³/mol. The molecule has 1 aliphatic heterocycles. The molecule has 1 fully saturated rings. The zero-order valence-corrected chi connectivity index (χ0v) is 11.0. The number of carbonyl (C=O) groups is 1. The van der Waals surface area contributed by atoms with Crippen molar-refractivity contribution in [2.75, 3.05) is 18.4 Å². The van der Waals surface area contributed by atoms with Gasteiger partial charge in [-0.2, -0.15) is 22.5 Å². The summed E-state index contributed by atoms with van der Waals surface area (Å²) in [7, 11) is 0. The summed E-state index contributed by atoms with van der Waals surface area (Å²) in [5.74, 6) is -1.30. The van der Waals surface area contributed by atoms with Crippen LogP contribution in [0.15, 0.2) is 0 Å². The minimum Gasteiger partial charge on any atom is -0.349 e. The van der Waals surface area contributed by atoms with E-state index in [1.54, 1.807) is 11.8 Å². The molecule has 1 atom stereocenters. The lowest BCUT2D eigenvalue weighted by Crippen LogP contribution is -2.39. The molecule has 1 aromatic heterocycles. The number of hydrogen-bond donors (Lipinski definition) is 1. The number of nitrogens with zero attached hydrogens (tertiary/aromatic N) is 3. The normalized spacial score (nSPS) is 17.6. The highest BCUT2D eigenvalue weighted by Gasteiger charge is 2.36. The monoisotopic (exact) mass is 294 g/mol. The van der Waals surface area contributed by atoms with Gasteiger partial charge in [-0.1, -0.05) is 0 Å². The molecule has 106 valence electrons. The molecule has 0 radical (unpaired) electrons. The van der Waals surface area contributed by atoms with Crippen LogP contribution in [0.25, 0.3) is 0 Å². The van der Waals surface area contributed by atoms with Crippen LogP contribution in [-0.4, -0.2) is 39.3 Å². The molecule has 0 bridgehead atoms. The van der Waals surface area contributed by atoms with Crippen LogP contribution in [0.1, 0.15) is 25.6 Å². The molecule has 0 saturated carbocycles. The Kier molecular flexibility index (Phi) is 3.93. The van der Waals surface area contributed by atoms with Crippen LogP contribution in [-0.2, 0) is 11.0 Å². The highest BCUT2D eigenvalue weighted by molar-refractivity contribution is 7.09. The summed E-state index contributed by atoms with van der Waals surface area (Å²) in [5, 5.41) is 2.67. The maximum atomic E-state index is 12.3. The van der Waals surface area contributed by atoms with Crippen LogP contribution in [0.2, 0.25) is 0 Å². The van der Waals surface area contributed by atoms with Crippen molar-refractivity contribution in [2.24, 2.45) is 0 Å². The number of hydrogen-bond acceptors (Lipinski definition) is 5. The molecule has 0 spiro atoms. The first kappa shape index (κ1) is 14.0. The first-order valence-corrected chi connectivity index (χ1v) is 6.61. The lowest BCUT2D eigenvalue weighted by molar-refractivity contribution is -0.144. The van der Waals surface area contributed by atoms with Crippen molar-refractivity contribution in [3.8, 4) is 0 Å². The Morgan fingerprint density at radius 3 is 2.58 bits per heavy atom. The van der Waals surface area contributed by atoms with E-state index in [0.717, 1.165) is 12.8 Å². The minimum atomic E-state index is -4.56. The maximum absolute atomic E-state index is 12.3. The molecule has 2 rings (SSSR count). The van der Waals surface area contributed by atoms with Gasteiger partial charge in [-0.3, -0.25) is 4.79 Å². The quantitative estimate of drug-likeness (QED) is 0.926. The molecule has 1 N–H and O–H groups in total. The van der Waals surface area contributed by atoms with Crippen molar-refractivity contribution in [2.45, 2.75) is 32.0 Å². The van der Waals surface area contributed by atoms with E-state index < -0.39 is 18.0 Å². The van der Waals surface area contributed by atoms with Gasteiger partial charge in [0.25, 0.3) is 0 Å². The van der Waals surface area contributed by atoms with E-state index in [1.165, 1.54) is 0 Å². The molecule has 0 aliphatic carbocycles. The number of halogens is 3. The van der Waals surface area contributed by atoms with Crippen LogP contribution in [0.4, 0.5) is 18.3 Å². The van der Waals surface area contributed by atoms with Gasteiger partial charge in [0.2, 0.25) is 16.9 Å². The third-order valence-corrected chi connectivity index (χ3v) is 3.45. The van der Waals surface area contributed by atoms with Gasteiger partial charge in [0.1, 0.15) is 6.04 Å². The molecular formula is C10H13F3N4OS. The van der Waals surface area contributed by atoms with Crippen molar-refractivity contribution in [1.82, 2.24) is 14.3 Å². The van der Waals surface area contributed by atoms with Gasteiger partial charge in [0, 0.05) is 24.6 Å². The van der Waals surface area contributed by atoms with Crippen LogP contribution >= 0.6 is 11.5 Å². The molecule has 9 heteroatoms. The Balaban J connectivity index is 1.96. The Bertz CT molecular complexity index is 456. The molecule has 1 saturated heterocycles. The van der Waals surface area contributed by atoms with Gasteiger partial charge in [-0.05, 0) is 19.8 Å². The number of anilines is 1. The SMILES string of the molecule is CC(Nc1nc(C(F)(F)F)ns1)C(=O)N1CCCC1. The Morgan fingerprint density at radius 1 is 1.42 bits per heavy atom. The van der Waals surface area contributed by atoms with Gasteiger partial charge in [0.15, 0.2) is 0 Å². The van der Waals surface area contributed by atoms with Crippen LogP contribution in [0.3, 0.4) is 0 Å². The van der Waals surface area contributed by atoms with Gasteiger partial charge in [-0.15, -0.1) is 0 Å². The smallest absolute Gasteiger partial charge is 0.349 e. The van der Waals surface area contributed by atoms with Gasteiger partial charge in [-0.25, -0.2) is 0 Å². The van der Waals surface area contributed by atoms with Gasteiger partial charge in [0.05, 0.1) is 0 Å². The number of amides is 1. The van der Waals surface area contributed by atoms with E-state index in [2.05, 4.69) is 14.7 Å². The summed E-state index contributed by atoms with van der Waals surface area (Å²) in [6.45, 7) is 3.01. The molecule has 1 amide bonds. The van der Waals surface area contributed by atoms with Crippen molar-refractivity contribution >= 4 is 22.6 Å². The average molecular weight is 294 g/mol. The lowest BCUT2D eigenvalue weighted by Gasteiger charge is -2.20. The summed E-state index contributed by atoms with van der Waals surface area (Å²) >= 11 is 0.602. The maximum Gasteiger partial charge on any atom is 0.452 e. The first-order valence-electron chi connectivity index (χ1n) is 5.84. The second-order valence-corrected chi connectivity index (χ2v) is 5.07. The molecule has 19 heavy (non-hydrogen) atoms. The van der Waals surface area contributed by atoms with Crippen LogP contribution in [0, 0.1) is 0 Å². The lowest BCUT2D eigenvalue weighted by atomic mass is 10.3. The zero-order valence-electron chi connectivity index (χ0n) is 10.2. The van der Waals surface area contributed by atoms with Gasteiger partial charge >= 0.3 is 6.18 Å². The van der Waals surface area contributed by atoms with Crippen molar-refractivity contribution in [1.29, 1.82) is 0 Å². The summed E-state index contributed by atoms with van der Waals surface area (Å²) in [5.41, 5.74) is 0. The highest BCUT2D eigenvalue weighted by Crippen LogP contribution is 2.29. The van der Waals surface area contributed by atoms with E-state index in [-0.39, 0.29) is 11.0 Å². The molecule has 1 aliphatic rings. The molecule has 0 aromatic carbocycles. The van der Waals surface area contributed by atoms with Gasteiger partial charge < -0.3 is 10.2 Å². The van der Waals surface area contributed by atoms with Crippen molar-refractivity contribution in [3.63, 3.8) is 0 Å². The van der Waals surface area contributed by atoms with E-state index in [0.29, 0.717) is 24.6 Å². The van der Waals surface area contributed by atoms with E-state index in [4.69, 9.17) is 0 Å². The van der Waals surface area contributed by atoms with E-state index in [1.807, 2.05) is 0 Å². The predicted octanol–water partition coefficient (Wildman–Crippen LogP) is 1.98. The summed E-state index contributed by atoms with van der Waals surface area (Å²) in [4.78, 5) is 17.0. The van der Waals surface area contributed by atoms with Crippen LogP contribution in [0.5, 0.6) is 0 Å². The minimum absolute atomic E-state index is 0.00683. The van der Waals surface area contributed by atoms with E-state index >= 15 is 0 Å². The number of carbonyl (C=O) groups excluding carboxylic acids is 1. The fraction of sp³-hybridized carbons (Fsp3) is 0.700. The van der Waals surface area contributed by atoms with E-state index in [9.17, 15) is 18.0 Å². The summed E-state index contributed by atoms with van der Waals surface area (Å²) < 4.78 is 40.2. The van der Waals surface area contributed by atoms with Crippen molar-refractivity contribution < 1.29 is 18.0 Å². The molecule has 5 nitrogen and oxygen atoms in total. The third-order valence-electron chi connectivity index (χ3n) is 2.81. The molecular weight excluding hydrogens is 281 g/mol. The Hall–Kier alpha value is -1.38. The second-order valence-electron chi connectivity index (χ2n) is 4.32. The standard InChI is InChI=1S/C10H13F3N4OS/c1-6(7(18)17-4-2-3-5-17)14-9-15-8(16-19-9)10(11,12)13/h6H,2-5H2,1H3,(H,14,15,16).